The molecule has 0 radical (unpaired) electrons. The molecule has 1 N–H and O–H groups in total. The number of ether oxygens (including phenoxy) is 3. The first-order valence-corrected chi connectivity index (χ1v) is 9.19. The van der Waals surface area contributed by atoms with E-state index in [1.165, 1.54) is 21.3 Å². The minimum Gasteiger partial charge on any atom is -0.493 e. The summed E-state index contributed by atoms with van der Waals surface area (Å²) in [6.07, 6.45) is 1.16. The van der Waals surface area contributed by atoms with E-state index in [0.29, 0.717) is 36.0 Å². The largest absolute Gasteiger partial charge is 0.493 e. The summed E-state index contributed by atoms with van der Waals surface area (Å²) in [5.74, 6) is 1.09. The molecule has 0 aromatic heterocycles. The van der Waals surface area contributed by atoms with Gasteiger partial charge in [-0.15, -0.1) is 12.4 Å². The normalized spacial score (nSPS) is 19.7. The lowest BCUT2D eigenvalue weighted by Crippen LogP contribution is -2.39. The maximum absolute atomic E-state index is 12.9. The van der Waals surface area contributed by atoms with Gasteiger partial charge >= 0.3 is 0 Å². The van der Waals surface area contributed by atoms with E-state index in [2.05, 4.69) is 5.32 Å². The molecule has 156 valence electrons. The van der Waals surface area contributed by atoms with Crippen LogP contribution in [0.1, 0.15) is 12.8 Å². The van der Waals surface area contributed by atoms with E-state index < -0.39 is 0 Å². The Morgan fingerprint density at radius 1 is 1.07 bits per heavy atom. The molecular weight excluding hydrogens is 386 g/mol. The Morgan fingerprint density at radius 3 is 2.36 bits per heavy atom. The summed E-state index contributed by atoms with van der Waals surface area (Å²) in [6, 6.07) is 3.48. The van der Waals surface area contributed by atoms with Crippen LogP contribution in [0.25, 0.3) is 0 Å². The van der Waals surface area contributed by atoms with Gasteiger partial charge < -0.3 is 29.3 Å². The van der Waals surface area contributed by atoms with Gasteiger partial charge in [-0.05, 0) is 13.0 Å². The van der Waals surface area contributed by atoms with E-state index in [1.807, 2.05) is 4.90 Å². The lowest BCUT2D eigenvalue weighted by molar-refractivity contribution is -0.135. The smallest absolute Gasteiger partial charge is 0.228 e. The van der Waals surface area contributed by atoms with Gasteiger partial charge in [0.25, 0.3) is 0 Å². The molecule has 2 aliphatic rings. The number of nitrogens with zero attached hydrogens (tertiary/aromatic N) is 2. The molecule has 2 aliphatic heterocycles. The van der Waals surface area contributed by atoms with Crippen molar-refractivity contribution in [2.45, 2.75) is 12.8 Å². The molecule has 3 rings (SSSR count). The van der Waals surface area contributed by atoms with Crippen LogP contribution in [0, 0.1) is 5.92 Å². The van der Waals surface area contributed by atoms with Crippen molar-refractivity contribution in [1.29, 1.82) is 0 Å². The molecule has 28 heavy (non-hydrogen) atoms. The van der Waals surface area contributed by atoms with Gasteiger partial charge in [-0.1, -0.05) is 0 Å². The van der Waals surface area contributed by atoms with Crippen LogP contribution in [0.15, 0.2) is 12.1 Å². The number of rotatable bonds is 5. The quantitative estimate of drug-likeness (QED) is 0.784. The molecule has 1 aromatic rings. The summed E-state index contributed by atoms with van der Waals surface area (Å²) in [4.78, 5) is 29.0. The molecule has 8 nitrogen and oxygen atoms in total. The fourth-order valence-corrected chi connectivity index (χ4v) is 3.67. The second-order valence-electron chi connectivity index (χ2n) is 6.72. The SMILES string of the molecule is COc1cc(N2CC(C(=O)N3CCCNCC3)CC2=O)cc(OC)c1OC.Cl. The standard InChI is InChI=1S/C19H27N3O5.ClH/c1-25-15-10-14(11-16(26-2)18(15)27-3)22-12-13(9-17(22)23)19(24)21-7-4-5-20-6-8-21;/h10-11,13,20H,4-9,12H2,1-3H3;1H. The molecular formula is C19H28ClN3O5. The summed E-state index contributed by atoms with van der Waals surface area (Å²) >= 11 is 0. The number of hydrogen-bond acceptors (Lipinski definition) is 6. The van der Waals surface area contributed by atoms with Crippen LogP contribution in [-0.4, -0.2) is 70.8 Å². The number of benzene rings is 1. The van der Waals surface area contributed by atoms with Crippen molar-refractivity contribution in [3.8, 4) is 17.2 Å². The molecule has 2 fully saturated rings. The highest BCUT2D eigenvalue weighted by molar-refractivity contribution is 6.00. The zero-order valence-corrected chi connectivity index (χ0v) is 17.3. The lowest BCUT2D eigenvalue weighted by Gasteiger charge is -2.24. The molecule has 1 atom stereocenters. The van der Waals surface area contributed by atoms with Crippen LogP contribution in [0.4, 0.5) is 5.69 Å². The highest BCUT2D eigenvalue weighted by atomic mass is 35.5. The van der Waals surface area contributed by atoms with Crippen molar-refractivity contribution < 1.29 is 23.8 Å². The van der Waals surface area contributed by atoms with Crippen LogP contribution in [0.3, 0.4) is 0 Å². The minimum absolute atomic E-state index is 0. The van der Waals surface area contributed by atoms with Crippen molar-refractivity contribution in [3.63, 3.8) is 0 Å². The predicted octanol–water partition coefficient (Wildman–Crippen LogP) is 1.31. The summed E-state index contributed by atoms with van der Waals surface area (Å²) < 4.78 is 16.1. The first kappa shape index (κ1) is 22.1. The number of halogens is 1. The van der Waals surface area contributed by atoms with Crippen molar-refractivity contribution in [2.24, 2.45) is 5.92 Å². The third kappa shape index (κ3) is 4.44. The lowest BCUT2D eigenvalue weighted by atomic mass is 10.1. The average molecular weight is 414 g/mol. The third-order valence-corrected chi connectivity index (χ3v) is 5.09. The van der Waals surface area contributed by atoms with Crippen LogP contribution >= 0.6 is 12.4 Å². The van der Waals surface area contributed by atoms with Crippen molar-refractivity contribution in [1.82, 2.24) is 10.2 Å². The molecule has 0 spiro atoms. The molecule has 0 bridgehead atoms. The molecule has 1 aromatic carbocycles. The van der Waals surface area contributed by atoms with Crippen LogP contribution in [0.2, 0.25) is 0 Å². The van der Waals surface area contributed by atoms with E-state index in [1.54, 1.807) is 17.0 Å². The van der Waals surface area contributed by atoms with Gasteiger partial charge in [-0.2, -0.15) is 0 Å². The Labute approximate surface area is 171 Å². The van der Waals surface area contributed by atoms with Crippen LogP contribution in [-0.2, 0) is 9.59 Å². The number of methoxy groups -OCH3 is 3. The van der Waals surface area contributed by atoms with E-state index >= 15 is 0 Å². The Kier molecular flexibility index (Phi) is 7.77. The van der Waals surface area contributed by atoms with Gasteiger partial charge in [0.15, 0.2) is 11.5 Å². The molecule has 1 unspecified atom stereocenters. The zero-order valence-electron chi connectivity index (χ0n) is 16.5. The van der Waals surface area contributed by atoms with Crippen LogP contribution in [0.5, 0.6) is 17.2 Å². The van der Waals surface area contributed by atoms with Gasteiger partial charge in [0.05, 0.1) is 32.9 Å². The Balaban J connectivity index is 0.00000280. The van der Waals surface area contributed by atoms with Crippen molar-refractivity contribution >= 4 is 29.9 Å². The fourth-order valence-electron chi connectivity index (χ4n) is 3.67. The zero-order chi connectivity index (χ0) is 19.4. The maximum atomic E-state index is 12.9. The molecule has 9 heteroatoms. The molecule has 0 aliphatic carbocycles. The van der Waals surface area contributed by atoms with Crippen molar-refractivity contribution in [3.05, 3.63) is 12.1 Å². The van der Waals surface area contributed by atoms with Gasteiger partial charge in [-0.25, -0.2) is 0 Å². The highest BCUT2D eigenvalue weighted by Gasteiger charge is 2.38. The van der Waals surface area contributed by atoms with E-state index in [9.17, 15) is 9.59 Å². The highest BCUT2D eigenvalue weighted by Crippen LogP contribution is 2.42. The summed E-state index contributed by atoms with van der Waals surface area (Å²) in [6.45, 7) is 3.50. The van der Waals surface area contributed by atoms with Crippen molar-refractivity contribution in [2.75, 3.05) is 59.0 Å². The van der Waals surface area contributed by atoms with E-state index in [4.69, 9.17) is 14.2 Å². The topological polar surface area (TPSA) is 80.3 Å². The Morgan fingerprint density at radius 2 is 1.75 bits per heavy atom. The second-order valence-corrected chi connectivity index (χ2v) is 6.72. The van der Waals surface area contributed by atoms with Gasteiger partial charge in [0.2, 0.25) is 17.6 Å². The first-order chi connectivity index (χ1) is 13.1. The van der Waals surface area contributed by atoms with E-state index in [0.717, 1.165) is 26.1 Å². The molecule has 2 heterocycles. The number of nitrogens with one attached hydrogen (secondary N) is 1. The maximum Gasteiger partial charge on any atom is 0.228 e. The number of amides is 2. The summed E-state index contributed by atoms with van der Waals surface area (Å²) in [5, 5.41) is 3.29. The van der Waals surface area contributed by atoms with E-state index in [-0.39, 0.29) is 36.6 Å². The first-order valence-electron chi connectivity index (χ1n) is 9.19. The fraction of sp³-hybridized carbons (Fsp3) is 0.579. The van der Waals surface area contributed by atoms with Crippen LogP contribution < -0.4 is 24.4 Å². The minimum atomic E-state index is -0.324. The second kappa shape index (κ2) is 9.84. The Bertz CT molecular complexity index is 682. The summed E-state index contributed by atoms with van der Waals surface area (Å²) in [5.41, 5.74) is 0.641. The number of hydrogen-bond donors (Lipinski definition) is 1. The molecule has 0 saturated carbocycles. The van der Waals surface area contributed by atoms with Gasteiger partial charge in [0, 0.05) is 44.7 Å². The van der Waals surface area contributed by atoms with Gasteiger partial charge in [0.1, 0.15) is 0 Å². The molecule has 2 amide bonds. The number of carbonyl (C=O) groups excluding carboxylic acids is 2. The number of anilines is 1. The monoisotopic (exact) mass is 413 g/mol. The van der Waals surface area contributed by atoms with Gasteiger partial charge in [-0.3, -0.25) is 9.59 Å². The number of carbonyl (C=O) groups is 2. The average Bonchev–Trinajstić information content (AvgIpc) is 2.90. The Hall–Kier alpha value is -2.19. The molecule has 2 saturated heterocycles. The predicted molar refractivity (Wildman–Crippen MR) is 108 cm³/mol. The summed E-state index contributed by atoms with van der Waals surface area (Å²) in [7, 11) is 4.60. The third-order valence-electron chi connectivity index (χ3n) is 5.09.